The van der Waals surface area contributed by atoms with Crippen molar-refractivity contribution >= 4 is 44.9 Å². The quantitative estimate of drug-likeness (QED) is 0.869. The number of nitrogens with one attached hydrogen (secondary N) is 2. The van der Waals surface area contributed by atoms with Crippen LogP contribution in [0.25, 0.3) is 0 Å². The van der Waals surface area contributed by atoms with Crippen molar-refractivity contribution < 1.29 is 8.42 Å². The van der Waals surface area contributed by atoms with E-state index in [4.69, 9.17) is 23.2 Å². The zero-order chi connectivity index (χ0) is 15.5. The fourth-order valence-corrected chi connectivity index (χ4v) is 2.84. The van der Waals surface area contributed by atoms with Crippen molar-refractivity contribution in [2.75, 3.05) is 16.6 Å². The van der Waals surface area contributed by atoms with Crippen LogP contribution in [0.2, 0.25) is 10.0 Å². The molecule has 2 rings (SSSR count). The van der Waals surface area contributed by atoms with Crippen molar-refractivity contribution in [3.05, 3.63) is 40.6 Å². The van der Waals surface area contributed by atoms with Crippen LogP contribution in [0.5, 0.6) is 0 Å². The summed E-state index contributed by atoms with van der Waals surface area (Å²) in [4.78, 5) is 7.76. The van der Waals surface area contributed by atoms with Crippen LogP contribution >= 0.6 is 23.2 Å². The molecule has 1 aromatic heterocycles. The second-order valence-corrected chi connectivity index (χ2v) is 6.53. The van der Waals surface area contributed by atoms with Crippen LogP contribution in [-0.4, -0.2) is 24.9 Å². The molecule has 0 unspecified atom stereocenters. The molecule has 0 saturated carbocycles. The maximum Gasteiger partial charge on any atom is 0.265 e. The first-order valence-electron chi connectivity index (χ1n) is 5.96. The Labute approximate surface area is 132 Å². The monoisotopic (exact) mass is 346 g/mol. The lowest BCUT2D eigenvalue weighted by atomic mass is 10.3. The average molecular weight is 347 g/mol. The Hall–Kier alpha value is -1.57. The third-order valence-corrected chi connectivity index (χ3v) is 4.33. The minimum Gasteiger partial charge on any atom is -0.355 e. The molecule has 2 aromatic rings. The van der Waals surface area contributed by atoms with Crippen molar-refractivity contribution in [1.82, 2.24) is 9.97 Å². The van der Waals surface area contributed by atoms with Crippen molar-refractivity contribution in [3.63, 3.8) is 0 Å². The van der Waals surface area contributed by atoms with E-state index in [9.17, 15) is 8.42 Å². The summed E-state index contributed by atoms with van der Waals surface area (Å²) in [7, 11) is -3.83. The number of rotatable bonds is 5. The summed E-state index contributed by atoms with van der Waals surface area (Å²) in [6.45, 7) is 2.53. The van der Waals surface area contributed by atoms with Crippen LogP contribution in [0.4, 0.5) is 11.6 Å². The standard InChI is InChI=1S/C12H12Cl2N4O2S/c1-2-15-12-16-6-9(7-17-12)21(19,20)18-11-5-8(13)3-4-10(11)14/h3-7,18H,2H2,1H3,(H,15,16,17). The van der Waals surface area contributed by atoms with Gasteiger partial charge in [0.25, 0.3) is 10.0 Å². The van der Waals surface area contributed by atoms with E-state index in [2.05, 4.69) is 20.0 Å². The molecule has 112 valence electrons. The van der Waals surface area contributed by atoms with Gasteiger partial charge >= 0.3 is 0 Å². The summed E-state index contributed by atoms with van der Waals surface area (Å²) in [5, 5.41) is 3.49. The zero-order valence-corrected chi connectivity index (χ0v) is 13.3. The fraction of sp³-hybridized carbons (Fsp3) is 0.167. The zero-order valence-electron chi connectivity index (χ0n) is 11.0. The second-order valence-electron chi connectivity index (χ2n) is 4.00. The van der Waals surface area contributed by atoms with E-state index in [1.165, 1.54) is 24.5 Å². The first-order chi connectivity index (χ1) is 9.92. The highest BCUT2D eigenvalue weighted by Gasteiger charge is 2.17. The number of sulfonamides is 1. The molecule has 0 amide bonds. The largest absolute Gasteiger partial charge is 0.355 e. The van der Waals surface area contributed by atoms with Crippen molar-refractivity contribution in [3.8, 4) is 0 Å². The molecule has 1 aromatic carbocycles. The SMILES string of the molecule is CCNc1ncc(S(=O)(=O)Nc2cc(Cl)ccc2Cl)cn1. The van der Waals surface area contributed by atoms with Crippen LogP contribution in [-0.2, 0) is 10.0 Å². The molecule has 2 N–H and O–H groups in total. The van der Waals surface area contributed by atoms with Gasteiger partial charge in [0, 0.05) is 11.6 Å². The molecule has 0 bridgehead atoms. The molecule has 0 fully saturated rings. The minimum absolute atomic E-state index is 0.0693. The van der Waals surface area contributed by atoms with E-state index in [-0.39, 0.29) is 15.6 Å². The van der Waals surface area contributed by atoms with Crippen molar-refractivity contribution in [2.24, 2.45) is 0 Å². The third kappa shape index (κ3) is 3.96. The second kappa shape index (κ2) is 6.46. The molecule has 0 aliphatic carbocycles. The fourth-order valence-electron chi connectivity index (χ4n) is 1.48. The summed E-state index contributed by atoms with van der Waals surface area (Å²) >= 11 is 11.8. The number of anilines is 2. The first-order valence-corrected chi connectivity index (χ1v) is 8.20. The van der Waals surface area contributed by atoms with E-state index in [1.54, 1.807) is 6.07 Å². The highest BCUT2D eigenvalue weighted by atomic mass is 35.5. The van der Waals surface area contributed by atoms with E-state index in [1.807, 2.05) is 6.92 Å². The van der Waals surface area contributed by atoms with Crippen LogP contribution in [0, 0.1) is 0 Å². The van der Waals surface area contributed by atoms with E-state index < -0.39 is 10.0 Å². The van der Waals surface area contributed by atoms with Gasteiger partial charge in [-0.1, -0.05) is 23.2 Å². The number of benzene rings is 1. The molecular formula is C12H12Cl2N4O2S. The first kappa shape index (κ1) is 15.8. The van der Waals surface area contributed by atoms with Gasteiger partial charge in [-0.15, -0.1) is 0 Å². The van der Waals surface area contributed by atoms with E-state index in [0.29, 0.717) is 17.5 Å². The molecule has 21 heavy (non-hydrogen) atoms. The van der Waals surface area contributed by atoms with Crippen LogP contribution in [0.3, 0.4) is 0 Å². The molecule has 0 aliphatic rings. The summed E-state index contributed by atoms with van der Waals surface area (Å²) in [5.41, 5.74) is 0.194. The topological polar surface area (TPSA) is 84.0 Å². The molecule has 9 heteroatoms. The lowest BCUT2D eigenvalue weighted by Gasteiger charge is -2.10. The third-order valence-electron chi connectivity index (χ3n) is 2.45. The number of nitrogens with zero attached hydrogens (tertiary/aromatic N) is 2. The molecule has 0 spiro atoms. The van der Waals surface area contributed by atoms with Gasteiger partial charge in [0.15, 0.2) is 0 Å². The van der Waals surface area contributed by atoms with Gasteiger partial charge < -0.3 is 5.32 Å². The predicted molar refractivity (Wildman–Crippen MR) is 83.5 cm³/mol. The highest BCUT2D eigenvalue weighted by molar-refractivity contribution is 7.92. The van der Waals surface area contributed by atoms with Gasteiger partial charge in [0.05, 0.1) is 23.1 Å². The van der Waals surface area contributed by atoms with Crippen molar-refractivity contribution in [2.45, 2.75) is 11.8 Å². The Morgan fingerprint density at radius 2 is 1.86 bits per heavy atom. The van der Waals surface area contributed by atoms with Gasteiger partial charge in [0.1, 0.15) is 4.90 Å². The van der Waals surface area contributed by atoms with Crippen molar-refractivity contribution in [1.29, 1.82) is 0 Å². The number of halogens is 2. The van der Waals surface area contributed by atoms with Gasteiger partial charge in [-0.2, -0.15) is 0 Å². The summed E-state index contributed by atoms with van der Waals surface area (Å²) in [5.74, 6) is 0.359. The maximum atomic E-state index is 12.2. The molecule has 0 saturated heterocycles. The van der Waals surface area contributed by atoms with Crippen LogP contribution < -0.4 is 10.0 Å². The van der Waals surface area contributed by atoms with Gasteiger partial charge in [0.2, 0.25) is 5.95 Å². The van der Waals surface area contributed by atoms with E-state index in [0.717, 1.165) is 0 Å². The molecule has 6 nitrogen and oxygen atoms in total. The molecule has 1 heterocycles. The smallest absolute Gasteiger partial charge is 0.265 e. The Morgan fingerprint density at radius 3 is 2.48 bits per heavy atom. The average Bonchev–Trinajstić information content (AvgIpc) is 2.44. The number of aromatic nitrogens is 2. The minimum atomic E-state index is -3.83. The summed E-state index contributed by atoms with van der Waals surface area (Å²) in [6, 6.07) is 4.50. The summed E-state index contributed by atoms with van der Waals surface area (Å²) in [6.07, 6.45) is 2.43. The molecule has 0 aliphatic heterocycles. The lowest BCUT2D eigenvalue weighted by molar-refractivity contribution is 0.600. The van der Waals surface area contributed by atoms with Crippen LogP contribution in [0.15, 0.2) is 35.5 Å². The summed E-state index contributed by atoms with van der Waals surface area (Å²) < 4.78 is 26.8. The maximum absolute atomic E-state index is 12.2. The Balaban J connectivity index is 2.27. The van der Waals surface area contributed by atoms with Gasteiger partial charge in [-0.3, -0.25) is 4.72 Å². The van der Waals surface area contributed by atoms with Gasteiger partial charge in [-0.25, -0.2) is 18.4 Å². The molecule has 0 atom stereocenters. The molecular weight excluding hydrogens is 335 g/mol. The number of hydrogen-bond acceptors (Lipinski definition) is 5. The molecule has 0 radical (unpaired) electrons. The Morgan fingerprint density at radius 1 is 1.19 bits per heavy atom. The van der Waals surface area contributed by atoms with Gasteiger partial charge in [-0.05, 0) is 25.1 Å². The van der Waals surface area contributed by atoms with E-state index >= 15 is 0 Å². The van der Waals surface area contributed by atoms with Crippen LogP contribution in [0.1, 0.15) is 6.92 Å². The predicted octanol–water partition coefficient (Wildman–Crippen LogP) is 3.02. The number of hydrogen-bond donors (Lipinski definition) is 2. The Kier molecular flexibility index (Phi) is 4.87. The normalized spacial score (nSPS) is 11.2. The Bertz CT molecular complexity index is 735. The highest BCUT2D eigenvalue weighted by Crippen LogP contribution is 2.27. The lowest BCUT2D eigenvalue weighted by Crippen LogP contribution is -2.14.